The topological polar surface area (TPSA) is 18.5 Å². The molecule has 2 aliphatic carbocycles. The van der Waals surface area contributed by atoms with E-state index >= 15 is 0 Å². The van der Waals surface area contributed by atoms with Crippen LogP contribution >= 0.6 is 0 Å². The zero-order chi connectivity index (χ0) is 16.2. The molecule has 0 saturated heterocycles. The lowest BCUT2D eigenvalue weighted by Crippen LogP contribution is -2.14. The second kappa shape index (κ2) is 12.3. The summed E-state index contributed by atoms with van der Waals surface area (Å²) < 4.78 is 12.1. The highest BCUT2D eigenvalue weighted by Gasteiger charge is 2.19. The highest BCUT2D eigenvalue weighted by Crippen LogP contribution is 2.28. The van der Waals surface area contributed by atoms with Crippen molar-refractivity contribution in [3.05, 3.63) is 13.3 Å². The maximum absolute atomic E-state index is 6.12. The van der Waals surface area contributed by atoms with E-state index in [9.17, 15) is 0 Å². The first kappa shape index (κ1) is 19.2. The van der Waals surface area contributed by atoms with E-state index in [1.54, 1.807) is 0 Å². The van der Waals surface area contributed by atoms with Crippen molar-refractivity contribution < 1.29 is 9.47 Å². The Morgan fingerprint density at radius 3 is 2.43 bits per heavy atom. The van der Waals surface area contributed by atoms with Crippen LogP contribution < -0.4 is 0 Å². The van der Waals surface area contributed by atoms with Gasteiger partial charge in [0.15, 0.2) is 0 Å². The SMILES string of the molecule is [CH2]CCCOC1CCCC(CCCOC2CC[CH]CCC2)CC1. The van der Waals surface area contributed by atoms with Crippen LogP contribution in [0.4, 0.5) is 0 Å². The van der Waals surface area contributed by atoms with Gasteiger partial charge in [0.2, 0.25) is 0 Å². The van der Waals surface area contributed by atoms with Crippen molar-refractivity contribution in [1.82, 2.24) is 0 Å². The minimum Gasteiger partial charge on any atom is -0.378 e. The molecular formula is C21H38O2. The molecule has 2 heteroatoms. The number of rotatable bonds is 9. The van der Waals surface area contributed by atoms with Gasteiger partial charge in [0.1, 0.15) is 0 Å². The first-order chi connectivity index (χ1) is 11.4. The van der Waals surface area contributed by atoms with E-state index in [-0.39, 0.29) is 0 Å². The van der Waals surface area contributed by atoms with Crippen LogP contribution in [0.15, 0.2) is 0 Å². The summed E-state index contributed by atoms with van der Waals surface area (Å²) in [5.74, 6) is 0.905. The van der Waals surface area contributed by atoms with Gasteiger partial charge in [-0.2, -0.15) is 0 Å². The molecule has 2 rings (SSSR count). The average molecular weight is 323 g/mol. The molecular weight excluding hydrogens is 284 g/mol. The molecule has 23 heavy (non-hydrogen) atoms. The highest BCUT2D eigenvalue weighted by molar-refractivity contribution is 4.75. The second-order valence-electron chi connectivity index (χ2n) is 7.51. The molecule has 2 aliphatic rings. The van der Waals surface area contributed by atoms with Gasteiger partial charge >= 0.3 is 0 Å². The molecule has 2 radical (unpaired) electrons. The van der Waals surface area contributed by atoms with Crippen LogP contribution in [0.1, 0.15) is 89.9 Å². The Labute approximate surface area is 144 Å². The maximum Gasteiger partial charge on any atom is 0.0575 e. The first-order valence-corrected chi connectivity index (χ1v) is 10.2. The van der Waals surface area contributed by atoms with Crippen molar-refractivity contribution in [2.75, 3.05) is 13.2 Å². The lowest BCUT2D eigenvalue weighted by molar-refractivity contribution is 0.0372. The molecule has 3 atom stereocenters. The van der Waals surface area contributed by atoms with E-state index in [0.717, 1.165) is 32.0 Å². The molecule has 0 spiro atoms. The fraction of sp³-hybridized carbons (Fsp3) is 0.905. The van der Waals surface area contributed by atoms with Crippen molar-refractivity contribution in [2.45, 2.75) is 102 Å². The van der Waals surface area contributed by atoms with E-state index in [2.05, 4.69) is 13.3 Å². The normalized spacial score (nSPS) is 27.5. The van der Waals surface area contributed by atoms with E-state index in [1.807, 2.05) is 0 Å². The fourth-order valence-corrected chi connectivity index (χ4v) is 4.02. The van der Waals surface area contributed by atoms with Gasteiger partial charge in [0.25, 0.3) is 0 Å². The molecule has 2 fully saturated rings. The molecule has 0 aromatic carbocycles. The number of unbranched alkanes of at least 4 members (excludes halogenated alkanes) is 1. The number of hydrogen-bond donors (Lipinski definition) is 0. The summed E-state index contributed by atoms with van der Waals surface area (Å²) in [6.07, 6.45) is 21.2. The maximum atomic E-state index is 6.12. The second-order valence-corrected chi connectivity index (χ2v) is 7.51. The summed E-state index contributed by atoms with van der Waals surface area (Å²) in [7, 11) is 0. The molecule has 0 aromatic heterocycles. The van der Waals surface area contributed by atoms with Crippen LogP contribution in [-0.4, -0.2) is 25.4 Å². The van der Waals surface area contributed by atoms with Crippen LogP contribution in [0.5, 0.6) is 0 Å². The average Bonchev–Trinajstić information content (AvgIpc) is 2.95. The van der Waals surface area contributed by atoms with Crippen molar-refractivity contribution in [2.24, 2.45) is 5.92 Å². The smallest absolute Gasteiger partial charge is 0.0575 e. The number of hydrogen-bond acceptors (Lipinski definition) is 2. The van der Waals surface area contributed by atoms with Crippen LogP contribution in [0, 0.1) is 19.3 Å². The van der Waals surface area contributed by atoms with Gasteiger partial charge in [-0.15, -0.1) is 0 Å². The molecule has 0 amide bonds. The largest absolute Gasteiger partial charge is 0.378 e. The van der Waals surface area contributed by atoms with Gasteiger partial charge in [-0.25, -0.2) is 0 Å². The van der Waals surface area contributed by atoms with Gasteiger partial charge in [-0.1, -0.05) is 39.0 Å². The summed E-state index contributed by atoms with van der Waals surface area (Å²) >= 11 is 0. The Bertz CT molecular complexity index is 271. The molecule has 134 valence electrons. The van der Waals surface area contributed by atoms with E-state index in [4.69, 9.17) is 9.47 Å². The first-order valence-electron chi connectivity index (χ1n) is 10.2. The Morgan fingerprint density at radius 1 is 0.783 bits per heavy atom. The van der Waals surface area contributed by atoms with E-state index in [0.29, 0.717) is 12.2 Å². The van der Waals surface area contributed by atoms with Crippen molar-refractivity contribution in [1.29, 1.82) is 0 Å². The molecule has 0 bridgehead atoms. The highest BCUT2D eigenvalue weighted by atomic mass is 16.5. The molecule has 0 aliphatic heterocycles. The lowest BCUT2D eigenvalue weighted by atomic mass is 9.95. The summed E-state index contributed by atoms with van der Waals surface area (Å²) in [6.45, 7) is 5.77. The number of ether oxygens (including phenoxy) is 2. The minimum absolute atomic E-state index is 0.519. The van der Waals surface area contributed by atoms with Gasteiger partial charge in [-0.05, 0) is 70.1 Å². The molecule has 0 heterocycles. The zero-order valence-corrected chi connectivity index (χ0v) is 15.1. The van der Waals surface area contributed by atoms with E-state index in [1.165, 1.54) is 77.0 Å². The molecule has 0 aromatic rings. The standard InChI is InChI=1S/C21H38O2/c1-2-3-17-22-21-14-8-10-19(15-16-21)11-9-18-23-20-12-6-4-5-7-13-20/h4,19-21H,1-3,5-18H2. The van der Waals surface area contributed by atoms with Gasteiger partial charge < -0.3 is 9.47 Å². The Balaban J connectivity index is 1.52. The van der Waals surface area contributed by atoms with Crippen molar-refractivity contribution in [3.8, 4) is 0 Å². The predicted molar refractivity (Wildman–Crippen MR) is 97.3 cm³/mol. The minimum atomic E-state index is 0.519. The van der Waals surface area contributed by atoms with Crippen molar-refractivity contribution >= 4 is 0 Å². The fourth-order valence-electron chi connectivity index (χ4n) is 4.02. The summed E-state index contributed by atoms with van der Waals surface area (Å²) in [5.41, 5.74) is 0. The lowest BCUT2D eigenvalue weighted by Gasteiger charge is -2.18. The quantitative estimate of drug-likeness (QED) is 0.388. The van der Waals surface area contributed by atoms with Gasteiger partial charge in [0.05, 0.1) is 12.2 Å². The molecule has 2 nitrogen and oxygen atoms in total. The molecule has 2 saturated carbocycles. The molecule has 3 unspecified atom stereocenters. The summed E-state index contributed by atoms with van der Waals surface area (Å²) in [5, 5.41) is 0. The Hall–Kier alpha value is -0.0800. The third-order valence-electron chi connectivity index (χ3n) is 5.52. The van der Waals surface area contributed by atoms with Gasteiger partial charge in [0, 0.05) is 13.2 Å². The van der Waals surface area contributed by atoms with Crippen LogP contribution in [-0.2, 0) is 9.47 Å². The van der Waals surface area contributed by atoms with Crippen LogP contribution in [0.3, 0.4) is 0 Å². The Kier molecular flexibility index (Phi) is 10.3. The third-order valence-corrected chi connectivity index (χ3v) is 5.52. The van der Waals surface area contributed by atoms with Crippen molar-refractivity contribution in [3.63, 3.8) is 0 Å². The zero-order valence-electron chi connectivity index (χ0n) is 15.1. The van der Waals surface area contributed by atoms with Crippen LogP contribution in [0.2, 0.25) is 0 Å². The summed E-state index contributed by atoms with van der Waals surface area (Å²) in [6, 6.07) is 0. The van der Waals surface area contributed by atoms with Gasteiger partial charge in [-0.3, -0.25) is 0 Å². The predicted octanol–water partition coefficient (Wildman–Crippen LogP) is 5.90. The van der Waals surface area contributed by atoms with E-state index < -0.39 is 0 Å². The monoisotopic (exact) mass is 322 g/mol. The Morgan fingerprint density at radius 2 is 1.57 bits per heavy atom. The third kappa shape index (κ3) is 8.54. The molecule has 0 N–H and O–H groups in total. The van der Waals surface area contributed by atoms with Crippen LogP contribution in [0.25, 0.3) is 0 Å². The summed E-state index contributed by atoms with van der Waals surface area (Å²) in [4.78, 5) is 0.